The first-order valence-corrected chi connectivity index (χ1v) is 24.4. The Hall–Kier alpha value is -2.19. The molecule has 0 aromatic heterocycles. The predicted molar refractivity (Wildman–Crippen MR) is 240 cm³/mol. The van der Waals surface area contributed by atoms with Crippen LogP contribution in [-0.4, -0.2) is 75.5 Å². The Morgan fingerprint density at radius 1 is 0.534 bits per heavy atom. The Morgan fingerprint density at radius 2 is 0.966 bits per heavy atom. The number of aliphatic carboxylic acids is 1. The Morgan fingerprint density at radius 3 is 1.41 bits per heavy atom. The number of allylic oxidation sites excluding steroid dienone is 4. The van der Waals surface area contributed by atoms with Gasteiger partial charge in [0.15, 0.2) is 6.10 Å². The SMILES string of the molecule is CC/C=C/C/C=C/CCCCCCCCCCCCCCCCC(=O)OC(COCCC(C(=O)[O-])[N+](C)(C)C)COC(=O)CCCCCCCCCCCCCCC. The molecule has 0 heterocycles. The van der Waals surface area contributed by atoms with Crippen LogP contribution in [0.4, 0.5) is 0 Å². The van der Waals surface area contributed by atoms with Crippen LogP contribution in [0.2, 0.25) is 0 Å². The molecule has 58 heavy (non-hydrogen) atoms. The highest BCUT2D eigenvalue weighted by molar-refractivity contribution is 5.70. The monoisotopic (exact) mass is 820 g/mol. The Kier molecular flexibility index (Phi) is 40.0. The summed E-state index contributed by atoms with van der Waals surface area (Å²) >= 11 is 0. The number of carbonyl (C=O) groups is 3. The fraction of sp³-hybridized carbons (Fsp3) is 0.860. The first kappa shape index (κ1) is 55.8. The zero-order chi connectivity index (χ0) is 42.8. The van der Waals surface area contributed by atoms with E-state index in [-0.39, 0.29) is 42.7 Å². The van der Waals surface area contributed by atoms with Crippen LogP contribution in [-0.2, 0) is 28.6 Å². The summed E-state index contributed by atoms with van der Waals surface area (Å²) in [6.45, 7) is 4.59. The zero-order valence-electron chi connectivity index (χ0n) is 38.7. The fourth-order valence-corrected chi connectivity index (χ4v) is 7.35. The molecule has 340 valence electrons. The maximum absolute atomic E-state index is 12.8. The molecule has 2 atom stereocenters. The number of unbranched alkanes of at least 4 members (excludes halogenated alkanes) is 26. The number of hydrogen-bond donors (Lipinski definition) is 0. The van der Waals surface area contributed by atoms with E-state index in [1.54, 1.807) is 21.1 Å². The van der Waals surface area contributed by atoms with Crippen molar-refractivity contribution in [3.05, 3.63) is 24.3 Å². The lowest BCUT2D eigenvalue weighted by Gasteiger charge is -2.34. The highest BCUT2D eigenvalue weighted by atomic mass is 16.6. The lowest BCUT2D eigenvalue weighted by atomic mass is 10.0. The minimum atomic E-state index is -1.12. The molecular weight excluding hydrogens is 727 g/mol. The van der Waals surface area contributed by atoms with Gasteiger partial charge in [0.2, 0.25) is 0 Å². The summed E-state index contributed by atoms with van der Waals surface area (Å²) in [5, 5.41) is 11.6. The molecule has 8 heteroatoms. The maximum atomic E-state index is 12.8. The summed E-state index contributed by atoms with van der Waals surface area (Å²) in [6, 6.07) is -0.722. The summed E-state index contributed by atoms with van der Waals surface area (Å²) in [5.41, 5.74) is 0. The number of esters is 2. The molecule has 0 radical (unpaired) electrons. The van der Waals surface area contributed by atoms with Gasteiger partial charge in [-0.15, -0.1) is 0 Å². The number of quaternary nitrogens is 1. The van der Waals surface area contributed by atoms with Crippen LogP contribution >= 0.6 is 0 Å². The third kappa shape index (κ3) is 39.3. The molecule has 0 rings (SSSR count). The van der Waals surface area contributed by atoms with Gasteiger partial charge < -0.3 is 28.6 Å². The van der Waals surface area contributed by atoms with Crippen LogP contribution in [0.5, 0.6) is 0 Å². The van der Waals surface area contributed by atoms with Crippen molar-refractivity contribution < 1.29 is 38.2 Å². The smallest absolute Gasteiger partial charge is 0.306 e. The summed E-state index contributed by atoms with van der Waals surface area (Å²) < 4.78 is 17.2. The molecule has 0 saturated heterocycles. The van der Waals surface area contributed by atoms with Crippen molar-refractivity contribution in [3.8, 4) is 0 Å². The summed E-state index contributed by atoms with van der Waals surface area (Å²) in [5.74, 6) is -1.72. The molecule has 0 aliphatic carbocycles. The third-order valence-electron chi connectivity index (χ3n) is 11.1. The fourth-order valence-electron chi connectivity index (χ4n) is 7.35. The van der Waals surface area contributed by atoms with Crippen molar-refractivity contribution in [2.75, 3.05) is 41.0 Å². The minimum absolute atomic E-state index is 0.0457. The number of nitrogens with zero attached hydrogens (tertiary/aromatic N) is 1. The number of likely N-dealkylation sites (N-methyl/N-ethyl adjacent to an activating group) is 1. The molecule has 0 aromatic rings. The van der Waals surface area contributed by atoms with E-state index in [1.165, 1.54) is 141 Å². The molecule has 0 N–H and O–H groups in total. The van der Waals surface area contributed by atoms with Crippen LogP contribution in [0.1, 0.15) is 226 Å². The van der Waals surface area contributed by atoms with E-state index in [1.807, 2.05) is 0 Å². The normalized spacial score (nSPS) is 13.1. The van der Waals surface area contributed by atoms with Gasteiger partial charge in [-0.3, -0.25) is 9.59 Å². The van der Waals surface area contributed by atoms with E-state index in [0.717, 1.165) is 51.4 Å². The van der Waals surface area contributed by atoms with Crippen molar-refractivity contribution in [1.29, 1.82) is 0 Å². The van der Waals surface area contributed by atoms with Crippen molar-refractivity contribution >= 4 is 17.9 Å². The minimum Gasteiger partial charge on any atom is -0.544 e. The number of rotatable bonds is 44. The number of ether oxygens (including phenoxy) is 3. The second-order valence-electron chi connectivity index (χ2n) is 17.7. The van der Waals surface area contributed by atoms with Crippen molar-refractivity contribution in [2.45, 2.75) is 238 Å². The molecule has 0 aliphatic heterocycles. The molecular formula is C50H93NO7. The Bertz CT molecular complexity index is 1000. The average Bonchev–Trinajstić information content (AvgIpc) is 3.18. The topological polar surface area (TPSA) is 102 Å². The molecule has 0 saturated carbocycles. The van der Waals surface area contributed by atoms with Crippen LogP contribution in [0.3, 0.4) is 0 Å². The van der Waals surface area contributed by atoms with Crippen molar-refractivity contribution in [2.24, 2.45) is 0 Å². The first-order valence-electron chi connectivity index (χ1n) is 24.4. The summed E-state index contributed by atoms with van der Waals surface area (Å²) in [6.07, 6.45) is 46.3. The van der Waals surface area contributed by atoms with Crippen LogP contribution < -0.4 is 5.11 Å². The number of carbonyl (C=O) groups excluding carboxylic acids is 3. The number of hydrogen-bond acceptors (Lipinski definition) is 7. The van der Waals surface area contributed by atoms with Crippen LogP contribution in [0, 0.1) is 0 Å². The van der Waals surface area contributed by atoms with Crippen LogP contribution in [0.15, 0.2) is 24.3 Å². The van der Waals surface area contributed by atoms with Gasteiger partial charge in [-0.25, -0.2) is 0 Å². The van der Waals surface area contributed by atoms with E-state index < -0.39 is 18.1 Å². The highest BCUT2D eigenvalue weighted by Gasteiger charge is 2.25. The van der Waals surface area contributed by atoms with E-state index in [9.17, 15) is 19.5 Å². The third-order valence-corrected chi connectivity index (χ3v) is 11.1. The number of carboxylic acids is 1. The summed E-state index contributed by atoms with van der Waals surface area (Å²) in [4.78, 5) is 36.9. The largest absolute Gasteiger partial charge is 0.544 e. The highest BCUT2D eigenvalue weighted by Crippen LogP contribution is 2.16. The molecule has 2 unspecified atom stereocenters. The lowest BCUT2D eigenvalue weighted by Crippen LogP contribution is -2.55. The average molecular weight is 820 g/mol. The van der Waals surface area contributed by atoms with Gasteiger partial charge in [-0.2, -0.15) is 0 Å². The summed E-state index contributed by atoms with van der Waals surface area (Å²) in [7, 11) is 5.42. The van der Waals surface area contributed by atoms with Gasteiger partial charge in [-0.1, -0.05) is 192 Å². The van der Waals surface area contributed by atoms with E-state index in [2.05, 4.69) is 38.2 Å². The van der Waals surface area contributed by atoms with Gasteiger partial charge in [0, 0.05) is 19.3 Å². The van der Waals surface area contributed by atoms with Gasteiger partial charge in [0.05, 0.1) is 40.3 Å². The molecule has 0 aliphatic rings. The molecule has 0 aromatic carbocycles. The van der Waals surface area contributed by atoms with Crippen molar-refractivity contribution in [1.82, 2.24) is 0 Å². The van der Waals surface area contributed by atoms with E-state index >= 15 is 0 Å². The molecule has 0 bridgehead atoms. The first-order chi connectivity index (χ1) is 28.1. The molecule has 8 nitrogen and oxygen atoms in total. The second-order valence-corrected chi connectivity index (χ2v) is 17.7. The van der Waals surface area contributed by atoms with Crippen LogP contribution in [0.25, 0.3) is 0 Å². The predicted octanol–water partition coefficient (Wildman–Crippen LogP) is 12.3. The standard InChI is InChI=1S/C50H93NO7/c1-6-8-10-12-14-16-18-20-21-22-23-24-25-26-27-29-31-33-35-37-39-41-49(53)58-46(44-56-43-42-47(50(54)55)51(3,4)5)45-57-48(52)40-38-36-34-32-30-28-19-17-15-13-11-9-7-2/h8,10,14,16,46-47H,6-7,9,11-13,15,17-45H2,1-5H3/b10-8+,16-14+. The van der Waals surface area contributed by atoms with Gasteiger partial charge in [0.1, 0.15) is 12.6 Å². The number of carboxylic acid groups (broad SMARTS) is 1. The second kappa shape index (κ2) is 41.5. The van der Waals surface area contributed by atoms with Gasteiger partial charge >= 0.3 is 11.9 Å². The van der Waals surface area contributed by atoms with E-state index in [0.29, 0.717) is 12.8 Å². The quantitative estimate of drug-likeness (QED) is 0.0261. The zero-order valence-corrected chi connectivity index (χ0v) is 38.7. The molecule has 0 spiro atoms. The van der Waals surface area contributed by atoms with Gasteiger partial charge in [-0.05, 0) is 38.5 Å². The molecule has 0 amide bonds. The Labute approximate surface area is 358 Å². The van der Waals surface area contributed by atoms with E-state index in [4.69, 9.17) is 14.2 Å². The molecule has 0 fully saturated rings. The maximum Gasteiger partial charge on any atom is 0.306 e. The van der Waals surface area contributed by atoms with Crippen molar-refractivity contribution in [3.63, 3.8) is 0 Å². The van der Waals surface area contributed by atoms with Gasteiger partial charge in [0.25, 0.3) is 0 Å². The lowest BCUT2D eigenvalue weighted by molar-refractivity contribution is -0.889. The Balaban J connectivity index is 4.21.